The van der Waals surface area contributed by atoms with Gasteiger partial charge in [0.1, 0.15) is 11.8 Å². The molecule has 0 aromatic heterocycles. The van der Waals surface area contributed by atoms with E-state index in [0.717, 1.165) is 6.54 Å². The Balaban J connectivity index is 0.00000312. The van der Waals surface area contributed by atoms with E-state index in [2.05, 4.69) is 17.6 Å². The molecule has 6 nitrogen and oxygen atoms in total. The highest BCUT2D eigenvalue weighted by Gasteiger charge is 2.30. The normalized spacial score (nSPS) is 18.3. The van der Waals surface area contributed by atoms with Gasteiger partial charge in [-0.05, 0) is 37.1 Å². The summed E-state index contributed by atoms with van der Waals surface area (Å²) in [6.07, 6.45) is 0. The average Bonchev–Trinajstić information content (AvgIpc) is 2.58. The van der Waals surface area contributed by atoms with Crippen molar-refractivity contribution in [1.82, 2.24) is 15.5 Å². The van der Waals surface area contributed by atoms with Gasteiger partial charge in [-0.25, -0.2) is 0 Å². The van der Waals surface area contributed by atoms with Crippen LogP contribution in [0.15, 0.2) is 24.3 Å². The van der Waals surface area contributed by atoms with Crippen LogP contribution in [0.2, 0.25) is 0 Å². The molecule has 1 aromatic rings. The number of methoxy groups -OCH3 is 1. The first-order valence-corrected chi connectivity index (χ1v) is 8.39. The molecule has 2 amide bonds. The van der Waals surface area contributed by atoms with Gasteiger partial charge in [0.05, 0.1) is 7.11 Å². The monoisotopic (exact) mass is 369 g/mol. The number of rotatable bonds is 5. The number of carbonyl (C=O) groups excluding carboxylic acids is 2. The molecule has 0 radical (unpaired) electrons. The zero-order chi connectivity index (χ0) is 17.7. The molecule has 2 atom stereocenters. The van der Waals surface area contributed by atoms with Crippen LogP contribution < -0.4 is 15.4 Å². The third-order valence-electron chi connectivity index (χ3n) is 4.25. The van der Waals surface area contributed by atoms with E-state index in [-0.39, 0.29) is 36.2 Å². The summed E-state index contributed by atoms with van der Waals surface area (Å²) < 4.78 is 5.10. The maximum atomic E-state index is 12.8. The minimum absolute atomic E-state index is 0. The zero-order valence-electron chi connectivity index (χ0n) is 15.2. The minimum atomic E-state index is -0.523. The van der Waals surface area contributed by atoms with E-state index in [1.54, 1.807) is 31.4 Å². The predicted octanol–water partition coefficient (Wildman–Crippen LogP) is 1.69. The molecule has 25 heavy (non-hydrogen) atoms. The van der Waals surface area contributed by atoms with Gasteiger partial charge >= 0.3 is 0 Å². The van der Waals surface area contributed by atoms with E-state index >= 15 is 0 Å². The Morgan fingerprint density at radius 2 is 1.92 bits per heavy atom. The van der Waals surface area contributed by atoms with Crippen molar-refractivity contribution in [3.8, 4) is 5.75 Å². The van der Waals surface area contributed by atoms with Crippen LogP contribution in [0.1, 0.15) is 31.1 Å². The summed E-state index contributed by atoms with van der Waals surface area (Å²) in [5, 5.41) is 6.21. The molecule has 1 fully saturated rings. The van der Waals surface area contributed by atoms with Crippen LogP contribution in [0.3, 0.4) is 0 Å². The highest BCUT2D eigenvalue weighted by molar-refractivity contribution is 5.97. The van der Waals surface area contributed by atoms with Gasteiger partial charge in [-0.15, -0.1) is 12.4 Å². The summed E-state index contributed by atoms with van der Waals surface area (Å²) in [6, 6.07) is 6.61. The summed E-state index contributed by atoms with van der Waals surface area (Å²) in [4.78, 5) is 27.1. The quantitative estimate of drug-likeness (QED) is 0.828. The summed E-state index contributed by atoms with van der Waals surface area (Å²) >= 11 is 0. The summed E-state index contributed by atoms with van der Waals surface area (Å²) in [6.45, 7) is 8.07. The van der Waals surface area contributed by atoms with Gasteiger partial charge in [0.25, 0.3) is 5.91 Å². The highest BCUT2D eigenvalue weighted by Crippen LogP contribution is 2.13. The number of carbonyl (C=O) groups is 2. The summed E-state index contributed by atoms with van der Waals surface area (Å²) in [7, 11) is 1.58. The standard InChI is InChI=1S/C18H27N3O3.ClH/c1-12(2)16(18(23)21-10-9-19-13(3)11-21)20-17(22)14-5-7-15(24-4)8-6-14;/h5-8,12-13,16,19H,9-11H2,1-4H3,(H,20,22);1H. The molecular weight excluding hydrogens is 342 g/mol. The molecule has 1 aliphatic heterocycles. The highest BCUT2D eigenvalue weighted by atomic mass is 35.5. The number of hydrogen-bond acceptors (Lipinski definition) is 4. The molecule has 7 heteroatoms. The van der Waals surface area contributed by atoms with Gasteiger partial charge in [0.2, 0.25) is 5.91 Å². The third-order valence-corrected chi connectivity index (χ3v) is 4.25. The molecule has 1 saturated heterocycles. The summed E-state index contributed by atoms with van der Waals surface area (Å²) in [5.74, 6) is 0.454. The third kappa shape index (κ3) is 5.61. The van der Waals surface area contributed by atoms with Gasteiger partial charge in [0, 0.05) is 31.2 Å². The first-order chi connectivity index (χ1) is 11.4. The number of piperazine rings is 1. The van der Waals surface area contributed by atoms with Gasteiger partial charge in [-0.1, -0.05) is 13.8 Å². The van der Waals surface area contributed by atoms with Crippen LogP contribution in [0.5, 0.6) is 5.75 Å². The van der Waals surface area contributed by atoms with Crippen LogP contribution in [-0.2, 0) is 4.79 Å². The molecule has 1 aliphatic rings. The van der Waals surface area contributed by atoms with Crippen molar-refractivity contribution in [2.75, 3.05) is 26.7 Å². The maximum absolute atomic E-state index is 12.8. The van der Waals surface area contributed by atoms with Crippen molar-refractivity contribution in [2.45, 2.75) is 32.9 Å². The Morgan fingerprint density at radius 3 is 2.44 bits per heavy atom. The van der Waals surface area contributed by atoms with Gasteiger partial charge in [-0.3, -0.25) is 9.59 Å². The van der Waals surface area contributed by atoms with Crippen molar-refractivity contribution in [1.29, 1.82) is 0 Å². The fraction of sp³-hybridized carbons (Fsp3) is 0.556. The molecule has 1 aromatic carbocycles. The number of nitrogens with zero attached hydrogens (tertiary/aromatic N) is 1. The predicted molar refractivity (Wildman–Crippen MR) is 100 cm³/mol. The number of benzene rings is 1. The van der Waals surface area contributed by atoms with Crippen LogP contribution in [0, 0.1) is 5.92 Å². The Bertz CT molecular complexity index is 577. The Labute approximate surface area is 155 Å². The van der Waals surface area contributed by atoms with Crippen LogP contribution in [0.4, 0.5) is 0 Å². The first-order valence-electron chi connectivity index (χ1n) is 8.39. The van der Waals surface area contributed by atoms with Crippen molar-refractivity contribution in [3.63, 3.8) is 0 Å². The van der Waals surface area contributed by atoms with Crippen LogP contribution in [-0.4, -0.2) is 55.5 Å². The SMILES string of the molecule is COc1ccc(C(=O)NC(C(=O)N2CCNC(C)C2)C(C)C)cc1.Cl. The lowest BCUT2D eigenvalue weighted by Gasteiger charge is -2.35. The number of hydrogen-bond donors (Lipinski definition) is 2. The zero-order valence-corrected chi connectivity index (χ0v) is 16.1. The lowest BCUT2D eigenvalue weighted by Crippen LogP contribution is -2.57. The molecule has 140 valence electrons. The van der Waals surface area contributed by atoms with E-state index in [0.29, 0.717) is 24.4 Å². The Morgan fingerprint density at radius 1 is 1.28 bits per heavy atom. The topological polar surface area (TPSA) is 70.7 Å². The lowest BCUT2D eigenvalue weighted by molar-refractivity contribution is -0.135. The molecule has 0 bridgehead atoms. The number of ether oxygens (including phenoxy) is 1. The van der Waals surface area contributed by atoms with E-state index in [9.17, 15) is 9.59 Å². The average molecular weight is 370 g/mol. The fourth-order valence-electron chi connectivity index (χ4n) is 2.81. The van der Waals surface area contributed by atoms with E-state index < -0.39 is 6.04 Å². The first kappa shape index (κ1) is 21.3. The van der Waals surface area contributed by atoms with E-state index in [1.807, 2.05) is 18.7 Å². The molecule has 0 saturated carbocycles. The van der Waals surface area contributed by atoms with Crippen LogP contribution in [0.25, 0.3) is 0 Å². The molecule has 1 heterocycles. The molecular formula is C18H28ClN3O3. The number of nitrogens with one attached hydrogen (secondary N) is 2. The molecule has 0 aliphatic carbocycles. The minimum Gasteiger partial charge on any atom is -0.497 e. The Hall–Kier alpha value is -1.79. The summed E-state index contributed by atoms with van der Waals surface area (Å²) in [5.41, 5.74) is 0.517. The molecule has 2 N–H and O–H groups in total. The van der Waals surface area contributed by atoms with Gasteiger partial charge in [0.15, 0.2) is 0 Å². The fourth-order valence-corrected chi connectivity index (χ4v) is 2.81. The second-order valence-electron chi connectivity index (χ2n) is 6.56. The van der Waals surface area contributed by atoms with Crippen molar-refractivity contribution >= 4 is 24.2 Å². The molecule has 0 spiro atoms. The second kappa shape index (κ2) is 9.63. The lowest BCUT2D eigenvalue weighted by atomic mass is 10.0. The van der Waals surface area contributed by atoms with Gasteiger partial charge < -0.3 is 20.3 Å². The van der Waals surface area contributed by atoms with Crippen molar-refractivity contribution < 1.29 is 14.3 Å². The largest absolute Gasteiger partial charge is 0.497 e. The number of amides is 2. The van der Waals surface area contributed by atoms with Crippen LogP contribution >= 0.6 is 12.4 Å². The van der Waals surface area contributed by atoms with Crippen molar-refractivity contribution in [2.24, 2.45) is 5.92 Å². The van der Waals surface area contributed by atoms with Gasteiger partial charge in [-0.2, -0.15) is 0 Å². The van der Waals surface area contributed by atoms with Crippen molar-refractivity contribution in [3.05, 3.63) is 29.8 Å². The second-order valence-corrected chi connectivity index (χ2v) is 6.56. The Kier molecular flexibility index (Phi) is 8.19. The van der Waals surface area contributed by atoms with E-state index in [4.69, 9.17) is 4.74 Å². The number of halogens is 1. The molecule has 2 unspecified atom stereocenters. The van der Waals surface area contributed by atoms with E-state index in [1.165, 1.54) is 0 Å². The smallest absolute Gasteiger partial charge is 0.251 e. The molecule has 2 rings (SSSR count). The maximum Gasteiger partial charge on any atom is 0.251 e.